The third-order valence-corrected chi connectivity index (χ3v) is 5.53. The molecular weight excluding hydrogens is 404 g/mol. The minimum atomic E-state index is -0.771. The maximum absolute atomic E-state index is 13.2. The van der Waals surface area contributed by atoms with Gasteiger partial charge in [-0.1, -0.05) is 17.7 Å². The molecule has 6 nitrogen and oxygen atoms in total. The van der Waals surface area contributed by atoms with Gasteiger partial charge in [-0.15, -0.1) is 0 Å². The average molecular weight is 428 g/mol. The smallest absolute Gasteiger partial charge is 0.300 e. The molecule has 32 heavy (non-hydrogen) atoms. The molecule has 1 aliphatic rings. The van der Waals surface area contributed by atoms with Crippen molar-refractivity contribution in [1.29, 1.82) is 0 Å². The van der Waals surface area contributed by atoms with Crippen LogP contribution in [0, 0.1) is 13.8 Å². The molecule has 3 aromatic rings. The zero-order valence-electron chi connectivity index (χ0n) is 18.2. The van der Waals surface area contributed by atoms with Crippen LogP contribution in [0.25, 0.3) is 5.76 Å². The monoisotopic (exact) mass is 428 g/mol. The zero-order valence-corrected chi connectivity index (χ0v) is 18.2. The fourth-order valence-electron chi connectivity index (χ4n) is 3.93. The van der Waals surface area contributed by atoms with E-state index >= 15 is 0 Å². The SMILES string of the molecule is CCOc1ccc(/C(O)=C2/C(=O)C(=O)N(c3ccc(C)cc3)C2c2ccncc2)cc1C. The van der Waals surface area contributed by atoms with E-state index < -0.39 is 17.7 Å². The highest BCUT2D eigenvalue weighted by Crippen LogP contribution is 2.42. The van der Waals surface area contributed by atoms with E-state index in [1.807, 2.05) is 32.9 Å². The van der Waals surface area contributed by atoms with Crippen LogP contribution in [0.15, 0.2) is 72.6 Å². The number of nitrogens with zero attached hydrogens (tertiary/aromatic N) is 2. The number of carbonyl (C=O) groups excluding carboxylic acids is 2. The summed E-state index contributed by atoms with van der Waals surface area (Å²) in [7, 11) is 0. The molecule has 4 rings (SSSR count). The number of ether oxygens (including phenoxy) is 1. The second kappa shape index (κ2) is 8.67. The van der Waals surface area contributed by atoms with Crippen LogP contribution < -0.4 is 9.64 Å². The van der Waals surface area contributed by atoms with Crippen molar-refractivity contribution in [3.05, 3.63) is 94.8 Å². The first-order chi connectivity index (χ1) is 15.4. The summed E-state index contributed by atoms with van der Waals surface area (Å²) in [5.74, 6) is -0.919. The van der Waals surface area contributed by atoms with Gasteiger partial charge in [-0.05, 0) is 74.4 Å². The van der Waals surface area contributed by atoms with Gasteiger partial charge in [0, 0.05) is 23.6 Å². The van der Waals surface area contributed by atoms with Crippen molar-refractivity contribution in [3.8, 4) is 5.75 Å². The Labute approximate surface area is 186 Å². The first-order valence-corrected chi connectivity index (χ1v) is 10.4. The Bertz CT molecular complexity index is 1200. The van der Waals surface area contributed by atoms with Gasteiger partial charge in [0.15, 0.2) is 0 Å². The van der Waals surface area contributed by atoms with Crippen molar-refractivity contribution in [2.24, 2.45) is 0 Å². The number of amides is 1. The standard InChI is InChI=1S/C26H24N2O4/c1-4-32-21-10-7-19(15-17(21)3)24(29)22-23(18-11-13-27-14-12-18)28(26(31)25(22)30)20-8-5-16(2)6-9-20/h5-15,23,29H,4H2,1-3H3/b24-22-. The fourth-order valence-corrected chi connectivity index (χ4v) is 3.93. The second-order valence-electron chi connectivity index (χ2n) is 7.70. The molecule has 0 radical (unpaired) electrons. The Morgan fingerprint density at radius 2 is 1.72 bits per heavy atom. The van der Waals surface area contributed by atoms with Crippen molar-refractivity contribution in [2.45, 2.75) is 26.8 Å². The molecule has 1 fully saturated rings. The molecule has 0 aliphatic carbocycles. The third-order valence-electron chi connectivity index (χ3n) is 5.53. The normalized spacial score (nSPS) is 17.6. The largest absolute Gasteiger partial charge is 0.507 e. The first-order valence-electron chi connectivity index (χ1n) is 10.4. The van der Waals surface area contributed by atoms with Gasteiger partial charge in [0.05, 0.1) is 18.2 Å². The van der Waals surface area contributed by atoms with Crippen LogP contribution in [-0.4, -0.2) is 28.4 Å². The molecule has 6 heteroatoms. The average Bonchev–Trinajstić information content (AvgIpc) is 3.06. The highest BCUT2D eigenvalue weighted by Gasteiger charge is 2.46. The molecule has 1 unspecified atom stereocenters. The predicted molar refractivity (Wildman–Crippen MR) is 123 cm³/mol. The maximum Gasteiger partial charge on any atom is 0.300 e. The van der Waals surface area contributed by atoms with Crippen molar-refractivity contribution in [2.75, 3.05) is 11.5 Å². The highest BCUT2D eigenvalue weighted by atomic mass is 16.5. The van der Waals surface area contributed by atoms with Crippen molar-refractivity contribution < 1.29 is 19.4 Å². The van der Waals surface area contributed by atoms with Crippen LogP contribution in [0.1, 0.15) is 35.2 Å². The van der Waals surface area contributed by atoms with Gasteiger partial charge >= 0.3 is 0 Å². The number of aromatic nitrogens is 1. The number of rotatable bonds is 5. The number of aryl methyl sites for hydroxylation is 2. The van der Waals surface area contributed by atoms with E-state index in [9.17, 15) is 14.7 Å². The van der Waals surface area contributed by atoms with Gasteiger partial charge in [-0.3, -0.25) is 19.5 Å². The summed E-state index contributed by atoms with van der Waals surface area (Å²) in [4.78, 5) is 31.8. The highest BCUT2D eigenvalue weighted by molar-refractivity contribution is 6.51. The topological polar surface area (TPSA) is 79.7 Å². The van der Waals surface area contributed by atoms with Crippen LogP contribution in [0.5, 0.6) is 5.75 Å². The van der Waals surface area contributed by atoms with E-state index in [4.69, 9.17) is 4.74 Å². The second-order valence-corrected chi connectivity index (χ2v) is 7.70. The van der Waals surface area contributed by atoms with E-state index in [1.165, 1.54) is 4.90 Å². The number of pyridine rings is 1. The number of aliphatic hydroxyl groups is 1. The summed E-state index contributed by atoms with van der Waals surface area (Å²) in [5, 5.41) is 11.2. The lowest BCUT2D eigenvalue weighted by atomic mass is 9.95. The lowest BCUT2D eigenvalue weighted by Crippen LogP contribution is -2.29. The molecule has 1 saturated heterocycles. The van der Waals surface area contributed by atoms with E-state index in [0.29, 0.717) is 29.2 Å². The number of hydrogen-bond donors (Lipinski definition) is 1. The van der Waals surface area contributed by atoms with E-state index in [2.05, 4.69) is 4.98 Å². The van der Waals surface area contributed by atoms with Gasteiger partial charge < -0.3 is 9.84 Å². The fraction of sp³-hybridized carbons (Fsp3) is 0.192. The van der Waals surface area contributed by atoms with E-state index in [-0.39, 0.29) is 11.3 Å². The summed E-state index contributed by atoms with van der Waals surface area (Å²) in [5.41, 5.74) is 3.63. The Balaban J connectivity index is 1.89. The van der Waals surface area contributed by atoms with Crippen molar-refractivity contribution >= 4 is 23.1 Å². The Morgan fingerprint density at radius 1 is 1.03 bits per heavy atom. The minimum absolute atomic E-state index is 0.0466. The van der Waals surface area contributed by atoms with Crippen LogP contribution in [-0.2, 0) is 9.59 Å². The minimum Gasteiger partial charge on any atom is -0.507 e. The molecule has 1 N–H and O–H groups in total. The maximum atomic E-state index is 13.2. The molecular formula is C26H24N2O4. The quantitative estimate of drug-likeness (QED) is 0.361. The zero-order chi connectivity index (χ0) is 22.8. The Morgan fingerprint density at radius 3 is 2.34 bits per heavy atom. The van der Waals surface area contributed by atoms with Gasteiger partial charge in [0.1, 0.15) is 11.5 Å². The predicted octanol–water partition coefficient (Wildman–Crippen LogP) is 4.72. The van der Waals surface area contributed by atoms with Gasteiger partial charge in [0.2, 0.25) is 0 Å². The summed E-state index contributed by atoms with van der Waals surface area (Å²) >= 11 is 0. The number of Topliss-reactive ketones (excluding diaryl/α,β-unsaturated/α-hetero) is 1. The Kier molecular flexibility index (Phi) is 5.77. The lowest BCUT2D eigenvalue weighted by molar-refractivity contribution is -0.132. The molecule has 2 heterocycles. The Hall–Kier alpha value is -3.93. The summed E-state index contributed by atoms with van der Waals surface area (Å²) < 4.78 is 5.58. The number of aliphatic hydroxyl groups excluding tert-OH is 1. The molecule has 2 aromatic carbocycles. The summed E-state index contributed by atoms with van der Waals surface area (Å²) in [6.45, 7) is 6.24. The van der Waals surface area contributed by atoms with Gasteiger partial charge in [-0.25, -0.2) is 0 Å². The van der Waals surface area contributed by atoms with E-state index in [1.54, 1.807) is 54.9 Å². The number of carbonyl (C=O) groups is 2. The van der Waals surface area contributed by atoms with E-state index in [0.717, 1.165) is 11.1 Å². The van der Waals surface area contributed by atoms with Crippen molar-refractivity contribution in [1.82, 2.24) is 4.98 Å². The molecule has 1 atom stereocenters. The molecule has 0 spiro atoms. The van der Waals surface area contributed by atoms with Crippen LogP contribution in [0.2, 0.25) is 0 Å². The lowest BCUT2D eigenvalue weighted by Gasteiger charge is -2.25. The number of ketones is 1. The molecule has 0 saturated carbocycles. The van der Waals surface area contributed by atoms with Gasteiger partial charge in [0.25, 0.3) is 11.7 Å². The van der Waals surface area contributed by atoms with Gasteiger partial charge in [-0.2, -0.15) is 0 Å². The molecule has 1 amide bonds. The summed E-state index contributed by atoms with van der Waals surface area (Å²) in [6, 6.07) is 15.3. The number of hydrogen-bond acceptors (Lipinski definition) is 5. The van der Waals surface area contributed by atoms with Crippen LogP contribution >= 0.6 is 0 Å². The molecule has 162 valence electrons. The van der Waals surface area contributed by atoms with Crippen LogP contribution in [0.3, 0.4) is 0 Å². The molecule has 0 bridgehead atoms. The van der Waals surface area contributed by atoms with Crippen molar-refractivity contribution in [3.63, 3.8) is 0 Å². The first kappa shape index (κ1) is 21.3. The molecule has 1 aromatic heterocycles. The third kappa shape index (κ3) is 3.75. The van der Waals surface area contributed by atoms with Crippen LogP contribution in [0.4, 0.5) is 5.69 Å². The number of benzene rings is 2. The number of anilines is 1. The summed E-state index contributed by atoms with van der Waals surface area (Å²) in [6.07, 6.45) is 3.21. The molecule has 1 aliphatic heterocycles.